The number of hydrogen-bond acceptors (Lipinski definition) is 10. The molecular weight excluding hydrogens is 845 g/mol. The molecule has 0 radical (unpaired) electrons. The lowest BCUT2D eigenvalue weighted by molar-refractivity contribution is -0.292. The molecule has 0 saturated carbocycles. The lowest BCUT2D eigenvalue weighted by Gasteiger charge is -2.47. The van der Waals surface area contributed by atoms with Crippen LogP contribution in [0.1, 0.15) is 138 Å². The van der Waals surface area contributed by atoms with Crippen LogP contribution in [0.3, 0.4) is 0 Å². The fourth-order valence-corrected chi connectivity index (χ4v) is 12.7. The topological polar surface area (TPSA) is 111 Å². The Balaban J connectivity index is 1.01. The zero-order valence-electron chi connectivity index (χ0n) is 38.3. The summed E-state index contributed by atoms with van der Waals surface area (Å²) in [6.45, 7) is 29.8. The van der Waals surface area contributed by atoms with Crippen LogP contribution in [0.15, 0.2) is 23.2 Å². The molecule has 0 aromatic heterocycles. The van der Waals surface area contributed by atoms with E-state index >= 15 is 0 Å². The van der Waals surface area contributed by atoms with Gasteiger partial charge in [-0.2, -0.15) is 0 Å². The summed E-state index contributed by atoms with van der Waals surface area (Å²) in [6.07, 6.45) is 8.22. The summed E-state index contributed by atoms with van der Waals surface area (Å²) in [5.41, 5.74) is 1.16. The van der Waals surface area contributed by atoms with Gasteiger partial charge in [-0.05, 0) is 90.4 Å². The van der Waals surface area contributed by atoms with E-state index in [0.29, 0.717) is 50.4 Å². The van der Waals surface area contributed by atoms with E-state index in [-0.39, 0.29) is 95.9 Å². The summed E-state index contributed by atoms with van der Waals surface area (Å²) < 4.78 is 54.9. The number of ketones is 1. The molecule has 8 aliphatic heterocycles. The van der Waals surface area contributed by atoms with Crippen molar-refractivity contribution in [1.29, 1.82) is 0 Å². The third-order valence-corrected chi connectivity index (χ3v) is 20.7. The molecule has 2 unspecified atom stereocenters. The van der Waals surface area contributed by atoms with Crippen molar-refractivity contribution in [1.82, 2.24) is 0 Å². The zero-order chi connectivity index (χ0) is 43.3. The Hall–Kier alpha value is -0.513. The van der Waals surface area contributed by atoms with Gasteiger partial charge in [-0.15, -0.1) is 0 Å². The predicted molar refractivity (Wildman–Crippen MR) is 238 cm³/mol. The van der Waals surface area contributed by atoms with E-state index in [4.69, 9.17) is 37.6 Å². The van der Waals surface area contributed by atoms with Gasteiger partial charge >= 0.3 is 0 Å². The Morgan fingerprint density at radius 1 is 0.967 bits per heavy atom. The summed E-state index contributed by atoms with van der Waals surface area (Å²) in [5, 5.41) is 10.8. The highest BCUT2D eigenvalue weighted by atomic mass is 79.9. The van der Waals surface area contributed by atoms with Crippen molar-refractivity contribution in [2.45, 2.75) is 242 Å². The number of aliphatic hydroxyl groups excluding tert-OH is 1. The molecule has 8 saturated heterocycles. The first-order valence-corrected chi connectivity index (χ1v) is 27.4. The van der Waals surface area contributed by atoms with Gasteiger partial charge in [-0.25, -0.2) is 0 Å². The Labute approximate surface area is 371 Å². The second-order valence-electron chi connectivity index (χ2n) is 21.7. The third kappa shape index (κ3) is 10.5. The van der Waals surface area contributed by atoms with Crippen LogP contribution in [-0.4, -0.2) is 111 Å². The summed E-state index contributed by atoms with van der Waals surface area (Å²) >= 11 is 3.38. The number of carbonyl (C=O) groups excluding carboxylic acids is 1. The summed E-state index contributed by atoms with van der Waals surface area (Å²) in [5.74, 6) is 0.374. The molecule has 8 rings (SSSR count). The maximum Gasteiger partial charge on any atom is 0.191 e. The number of aliphatic hydroxyl groups is 1. The number of carbonyl (C=O) groups is 1. The Morgan fingerprint density at radius 3 is 2.40 bits per heavy atom. The molecule has 1 N–H and O–H groups in total. The number of rotatable bonds is 19. The monoisotopic (exact) mass is 922 g/mol. The first-order chi connectivity index (χ1) is 28.3. The van der Waals surface area contributed by atoms with E-state index in [2.05, 4.69) is 90.6 Å². The van der Waals surface area contributed by atoms with Gasteiger partial charge in [0.15, 0.2) is 14.1 Å². The molecule has 8 aliphatic rings. The average molecular weight is 924 g/mol. The van der Waals surface area contributed by atoms with E-state index in [1.807, 2.05) is 0 Å². The van der Waals surface area contributed by atoms with Crippen molar-refractivity contribution in [2.24, 2.45) is 23.7 Å². The Kier molecular flexibility index (Phi) is 15.1. The Morgan fingerprint density at radius 2 is 1.68 bits per heavy atom. The van der Waals surface area contributed by atoms with E-state index in [1.165, 1.54) is 0 Å². The van der Waals surface area contributed by atoms with Crippen LogP contribution in [0, 0.1) is 23.7 Å². The van der Waals surface area contributed by atoms with E-state index in [1.54, 1.807) is 0 Å². The van der Waals surface area contributed by atoms with Crippen LogP contribution in [0.2, 0.25) is 18.1 Å². The number of Topliss-reactive ketones (excluding diaryl/α,β-unsaturated/α-hetero) is 1. The van der Waals surface area contributed by atoms with Gasteiger partial charge in [0, 0.05) is 45.1 Å². The summed E-state index contributed by atoms with van der Waals surface area (Å²) in [4.78, 5) is 14.3. The van der Waals surface area contributed by atoms with Gasteiger partial charge in [0.05, 0.1) is 48.8 Å². The van der Waals surface area contributed by atoms with Crippen molar-refractivity contribution in [3.63, 3.8) is 0 Å². The molecule has 10 nitrogen and oxygen atoms in total. The minimum Gasteiger partial charge on any atom is -0.417 e. The maximum absolute atomic E-state index is 14.3. The van der Waals surface area contributed by atoms with Crippen LogP contribution in [0.25, 0.3) is 0 Å². The Bertz CT molecular complexity index is 1520. The number of halogens is 1. The molecule has 0 amide bonds. The van der Waals surface area contributed by atoms with Gasteiger partial charge in [0.1, 0.15) is 36.3 Å². The van der Waals surface area contributed by atoms with Gasteiger partial charge in [-0.1, -0.05) is 90.4 Å². The third-order valence-electron chi connectivity index (χ3n) is 15.9. The second kappa shape index (κ2) is 19.1. The molecule has 12 heteroatoms. The molecule has 6 bridgehead atoms. The lowest BCUT2D eigenvalue weighted by Crippen LogP contribution is -2.61. The standard InChI is InChI=1S/C48H79BrO10Si/c1-12-13-14-34-20-28(3)30(5)39(53-34)24-40-36(31(6)38(55-40)19-27(2)26-52-60(10,11)47(7,8)9)23-33(51)22-35-15-16-37-42(54-35)46-45-44(56-37)43-41(57-45)25-48(58-43,59-46)18-17-32(50)21-29(4)49/h27-28,31-32,34-46,50H,4-5,12-26H2,1-3,6-11H3/t27-,28+,31+,32+,34-,35+,36+,37-,38+,39+,40?,41+,42-,43-,44-,45+,46?,48-/m0/s1. The number of ether oxygens (including phenoxy) is 7. The summed E-state index contributed by atoms with van der Waals surface area (Å²) in [7, 11) is -1.88. The molecule has 0 aromatic carbocycles. The van der Waals surface area contributed by atoms with Crippen LogP contribution >= 0.6 is 15.9 Å². The van der Waals surface area contributed by atoms with Crippen LogP contribution in [0.4, 0.5) is 0 Å². The molecular formula is C48H79BrO10Si. The van der Waals surface area contributed by atoms with Gasteiger partial charge in [-0.3, -0.25) is 4.79 Å². The van der Waals surface area contributed by atoms with E-state index < -0.39 is 20.2 Å². The van der Waals surface area contributed by atoms with E-state index in [0.717, 1.165) is 68.0 Å². The SMILES string of the molecule is C=C(Br)C[C@H](O)CC[C@@]12C[C@H]3O[C@H]4C(O1)[C@H]1O[C@@H](CC(=O)C[C@H]5C(C[C@H]6O[C@@H](CCCC)C[C@@H](C)C6=C)O[C@H](C[C@H](C)CO[Si](C)(C)C(C)(C)C)[C@@H]5C)CC[C@@H]1O[C@H]4[C@H]3O2. The van der Waals surface area contributed by atoms with Crippen molar-refractivity contribution < 1.29 is 47.5 Å². The minimum absolute atomic E-state index is 0.0397. The predicted octanol–water partition coefficient (Wildman–Crippen LogP) is 9.74. The lowest BCUT2D eigenvalue weighted by atomic mass is 9.78. The van der Waals surface area contributed by atoms with Crippen molar-refractivity contribution in [2.75, 3.05) is 6.61 Å². The number of hydrogen-bond donors (Lipinski definition) is 1. The molecule has 60 heavy (non-hydrogen) atoms. The molecule has 0 spiro atoms. The average Bonchev–Trinajstić information content (AvgIpc) is 3.71. The quantitative estimate of drug-likeness (QED) is 0.0994. The first-order valence-electron chi connectivity index (χ1n) is 23.7. The highest BCUT2D eigenvalue weighted by Crippen LogP contribution is 2.54. The first kappa shape index (κ1) is 47.4. The normalized spacial score (nSPS) is 42.2. The fraction of sp³-hybridized carbons (Fsp3) is 0.896. The number of fused-ring (bicyclic) bond motifs is 1. The number of unbranched alkanes of at least 4 members (excludes halogenated alkanes) is 1. The molecule has 18 atom stereocenters. The highest BCUT2D eigenvalue weighted by Gasteiger charge is 2.68. The van der Waals surface area contributed by atoms with Gasteiger partial charge in [0.2, 0.25) is 0 Å². The zero-order valence-corrected chi connectivity index (χ0v) is 40.9. The van der Waals surface area contributed by atoms with Crippen LogP contribution < -0.4 is 0 Å². The molecule has 342 valence electrons. The van der Waals surface area contributed by atoms with Crippen LogP contribution in [-0.2, 0) is 42.4 Å². The van der Waals surface area contributed by atoms with Gasteiger partial charge < -0.3 is 42.7 Å². The molecule has 0 aromatic rings. The molecule has 8 fully saturated rings. The largest absolute Gasteiger partial charge is 0.417 e. The van der Waals surface area contributed by atoms with Crippen LogP contribution in [0.5, 0.6) is 0 Å². The maximum atomic E-state index is 14.3. The molecule has 8 heterocycles. The smallest absolute Gasteiger partial charge is 0.191 e. The van der Waals surface area contributed by atoms with Crippen molar-refractivity contribution in [3.05, 3.63) is 23.2 Å². The highest BCUT2D eigenvalue weighted by molar-refractivity contribution is 9.11. The van der Waals surface area contributed by atoms with Crippen molar-refractivity contribution >= 4 is 30.0 Å². The summed E-state index contributed by atoms with van der Waals surface area (Å²) in [6, 6.07) is 0. The van der Waals surface area contributed by atoms with Crippen molar-refractivity contribution in [3.8, 4) is 0 Å². The van der Waals surface area contributed by atoms with E-state index in [9.17, 15) is 9.90 Å². The minimum atomic E-state index is -1.88. The second-order valence-corrected chi connectivity index (χ2v) is 27.6. The van der Waals surface area contributed by atoms with Gasteiger partial charge in [0.25, 0.3) is 0 Å². The fourth-order valence-electron chi connectivity index (χ4n) is 11.2. The molecule has 0 aliphatic carbocycles.